The zero-order valence-electron chi connectivity index (χ0n) is 12.3. The summed E-state index contributed by atoms with van der Waals surface area (Å²) >= 11 is 1.18. The highest BCUT2D eigenvalue weighted by molar-refractivity contribution is 7.89. The van der Waals surface area contributed by atoms with Gasteiger partial charge in [0.2, 0.25) is 10.0 Å². The lowest BCUT2D eigenvalue weighted by Gasteiger charge is -2.20. The minimum absolute atomic E-state index is 0.103. The van der Waals surface area contributed by atoms with E-state index in [9.17, 15) is 8.42 Å². The molecule has 1 aliphatic rings. The molecule has 1 aromatic rings. The maximum Gasteiger partial charge on any atom is 0.249 e. The first-order chi connectivity index (χ1) is 9.25. The first kappa shape index (κ1) is 15.5. The predicted octanol–water partition coefficient (Wildman–Crippen LogP) is 1.46. The average Bonchev–Trinajstić information content (AvgIpc) is 2.94. The number of hydrogen-bond donors (Lipinski definition) is 1. The van der Waals surface area contributed by atoms with Gasteiger partial charge < -0.3 is 10.6 Å². The van der Waals surface area contributed by atoms with Crippen LogP contribution in [0, 0.1) is 11.8 Å². The van der Waals surface area contributed by atoms with E-state index in [-0.39, 0.29) is 10.7 Å². The monoisotopic (exact) mass is 318 g/mol. The zero-order chi connectivity index (χ0) is 15.1. The molecule has 0 aromatic carbocycles. The smallest absolute Gasteiger partial charge is 0.249 e. The molecule has 6 nitrogen and oxygen atoms in total. The molecule has 1 fully saturated rings. The predicted molar refractivity (Wildman–Crippen MR) is 82.6 cm³/mol. The van der Waals surface area contributed by atoms with Crippen LogP contribution in [0.2, 0.25) is 0 Å². The van der Waals surface area contributed by atoms with Crippen LogP contribution in [-0.4, -0.2) is 44.3 Å². The number of rotatable bonds is 4. The Morgan fingerprint density at radius 3 is 2.60 bits per heavy atom. The second-order valence-corrected chi connectivity index (χ2v) is 8.57. The summed E-state index contributed by atoms with van der Waals surface area (Å²) in [6.45, 7) is 6.13. The lowest BCUT2D eigenvalue weighted by molar-refractivity contribution is 0.423. The SMILES string of the molecule is CC(C)C1CCN(c2snc(N)c2S(=O)(=O)N(C)C)C1. The molecule has 1 unspecified atom stereocenters. The Kier molecular flexibility index (Phi) is 4.27. The molecule has 0 saturated carbocycles. The van der Waals surface area contributed by atoms with Gasteiger partial charge in [-0.1, -0.05) is 13.8 Å². The molecule has 0 bridgehead atoms. The fourth-order valence-corrected chi connectivity index (χ4v) is 4.68. The Balaban J connectivity index is 2.36. The molecule has 20 heavy (non-hydrogen) atoms. The van der Waals surface area contributed by atoms with E-state index in [0.717, 1.165) is 19.5 Å². The Labute approximate surface area is 124 Å². The van der Waals surface area contributed by atoms with E-state index in [1.807, 2.05) is 0 Å². The van der Waals surface area contributed by atoms with E-state index >= 15 is 0 Å². The van der Waals surface area contributed by atoms with Crippen LogP contribution >= 0.6 is 11.5 Å². The minimum Gasteiger partial charge on any atom is -0.382 e. The van der Waals surface area contributed by atoms with Crippen molar-refractivity contribution < 1.29 is 8.42 Å². The van der Waals surface area contributed by atoms with Crippen molar-refractivity contribution in [2.45, 2.75) is 25.2 Å². The Bertz CT molecular complexity index is 580. The lowest BCUT2D eigenvalue weighted by Crippen LogP contribution is -2.27. The van der Waals surface area contributed by atoms with Gasteiger partial charge in [-0.3, -0.25) is 0 Å². The van der Waals surface area contributed by atoms with E-state index in [1.165, 1.54) is 29.9 Å². The third-order valence-electron chi connectivity index (χ3n) is 3.85. The summed E-state index contributed by atoms with van der Waals surface area (Å²) < 4.78 is 30.0. The van der Waals surface area contributed by atoms with Gasteiger partial charge in [0, 0.05) is 27.2 Å². The van der Waals surface area contributed by atoms with Gasteiger partial charge in [0.15, 0.2) is 10.7 Å². The van der Waals surface area contributed by atoms with Crippen molar-refractivity contribution in [1.82, 2.24) is 8.68 Å². The van der Waals surface area contributed by atoms with Gasteiger partial charge in [0.05, 0.1) is 0 Å². The van der Waals surface area contributed by atoms with E-state index in [2.05, 4.69) is 23.1 Å². The molecule has 0 radical (unpaired) electrons. The molecule has 2 heterocycles. The van der Waals surface area contributed by atoms with Crippen LogP contribution in [0.1, 0.15) is 20.3 Å². The third-order valence-corrected chi connectivity index (χ3v) is 6.78. The second-order valence-electron chi connectivity index (χ2n) is 5.73. The van der Waals surface area contributed by atoms with E-state index in [4.69, 9.17) is 5.73 Å². The Morgan fingerprint density at radius 2 is 2.10 bits per heavy atom. The number of nitrogen functional groups attached to an aromatic ring is 1. The summed E-state index contributed by atoms with van der Waals surface area (Å²) in [5, 5.41) is 0.680. The van der Waals surface area contributed by atoms with Crippen LogP contribution in [0.5, 0.6) is 0 Å². The van der Waals surface area contributed by atoms with E-state index < -0.39 is 10.0 Å². The standard InChI is InChI=1S/C12H22N4O2S2/c1-8(2)9-5-6-16(7-9)12-10(11(13)14-19-12)20(17,18)15(3)4/h8-9H,5-7H2,1-4H3,(H2,13,14). The Hall–Kier alpha value is -0.860. The normalized spacial score (nSPS) is 20.3. The van der Waals surface area contributed by atoms with Crippen molar-refractivity contribution in [3.63, 3.8) is 0 Å². The molecule has 2 N–H and O–H groups in total. The van der Waals surface area contributed by atoms with Crippen molar-refractivity contribution in [2.24, 2.45) is 11.8 Å². The third kappa shape index (κ3) is 2.64. The number of anilines is 2. The van der Waals surface area contributed by atoms with E-state index in [0.29, 0.717) is 16.8 Å². The fraction of sp³-hybridized carbons (Fsp3) is 0.750. The topological polar surface area (TPSA) is 79.5 Å². The number of aromatic nitrogens is 1. The minimum atomic E-state index is -3.56. The number of nitrogens with zero attached hydrogens (tertiary/aromatic N) is 3. The second kappa shape index (κ2) is 5.50. The fourth-order valence-electron chi connectivity index (χ4n) is 2.43. The van der Waals surface area contributed by atoms with Crippen LogP contribution in [-0.2, 0) is 10.0 Å². The summed E-state index contributed by atoms with van der Waals surface area (Å²) in [6.07, 6.45) is 1.08. The maximum absolute atomic E-state index is 12.4. The van der Waals surface area contributed by atoms with Crippen LogP contribution in [0.4, 0.5) is 10.8 Å². The van der Waals surface area contributed by atoms with Gasteiger partial charge >= 0.3 is 0 Å². The summed E-state index contributed by atoms with van der Waals surface area (Å²) in [6, 6.07) is 0. The van der Waals surface area contributed by atoms with Crippen molar-refractivity contribution in [3.05, 3.63) is 0 Å². The molecule has 1 atom stereocenters. The molecular weight excluding hydrogens is 296 g/mol. The van der Waals surface area contributed by atoms with Gasteiger partial charge in [0.1, 0.15) is 5.00 Å². The molecule has 1 saturated heterocycles. The lowest BCUT2D eigenvalue weighted by atomic mass is 9.95. The molecule has 0 aliphatic carbocycles. The van der Waals surface area contributed by atoms with Gasteiger partial charge in [-0.05, 0) is 29.8 Å². The largest absolute Gasteiger partial charge is 0.382 e. The van der Waals surface area contributed by atoms with Gasteiger partial charge in [-0.25, -0.2) is 12.7 Å². The summed E-state index contributed by atoms with van der Waals surface area (Å²) in [7, 11) is -0.533. The van der Waals surface area contributed by atoms with Crippen LogP contribution in [0.3, 0.4) is 0 Å². The van der Waals surface area contributed by atoms with Crippen molar-refractivity contribution >= 4 is 32.4 Å². The van der Waals surface area contributed by atoms with Crippen molar-refractivity contribution in [3.8, 4) is 0 Å². The van der Waals surface area contributed by atoms with Gasteiger partial charge in [-0.15, -0.1) is 0 Å². The summed E-state index contributed by atoms with van der Waals surface area (Å²) in [5.74, 6) is 1.29. The molecule has 0 amide bonds. The first-order valence-electron chi connectivity index (χ1n) is 6.67. The summed E-state index contributed by atoms with van der Waals surface area (Å²) in [4.78, 5) is 2.27. The highest BCUT2D eigenvalue weighted by Crippen LogP contribution is 2.39. The quantitative estimate of drug-likeness (QED) is 0.909. The number of hydrogen-bond acceptors (Lipinski definition) is 6. The molecular formula is C12H22N4O2S2. The number of nitrogens with two attached hydrogens (primary N) is 1. The van der Waals surface area contributed by atoms with E-state index in [1.54, 1.807) is 0 Å². The molecule has 8 heteroatoms. The highest BCUT2D eigenvalue weighted by Gasteiger charge is 2.34. The molecule has 1 aromatic heterocycles. The highest BCUT2D eigenvalue weighted by atomic mass is 32.2. The molecule has 114 valence electrons. The average molecular weight is 318 g/mol. The van der Waals surface area contributed by atoms with Crippen molar-refractivity contribution in [1.29, 1.82) is 0 Å². The molecule has 2 rings (SSSR count). The first-order valence-corrected chi connectivity index (χ1v) is 8.89. The maximum atomic E-state index is 12.4. The zero-order valence-corrected chi connectivity index (χ0v) is 14.0. The van der Waals surface area contributed by atoms with Crippen molar-refractivity contribution in [2.75, 3.05) is 37.8 Å². The van der Waals surface area contributed by atoms with Crippen LogP contribution in [0.15, 0.2) is 4.90 Å². The van der Waals surface area contributed by atoms with Crippen LogP contribution < -0.4 is 10.6 Å². The summed E-state index contributed by atoms with van der Waals surface area (Å²) in [5.41, 5.74) is 5.79. The number of sulfonamides is 1. The molecule has 1 aliphatic heterocycles. The van der Waals surface area contributed by atoms with Crippen LogP contribution in [0.25, 0.3) is 0 Å². The Morgan fingerprint density at radius 1 is 1.45 bits per heavy atom. The van der Waals surface area contributed by atoms with Gasteiger partial charge in [-0.2, -0.15) is 4.37 Å². The molecule has 0 spiro atoms. The van der Waals surface area contributed by atoms with Gasteiger partial charge in [0.25, 0.3) is 0 Å².